The lowest BCUT2D eigenvalue weighted by atomic mass is 9.75. The van der Waals surface area contributed by atoms with E-state index in [1.54, 1.807) is 17.0 Å². The third kappa shape index (κ3) is 4.71. The van der Waals surface area contributed by atoms with Gasteiger partial charge >= 0.3 is 0 Å². The van der Waals surface area contributed by atoms with Crippen molar-refractivity contribution in [3.05, 3.63) is 130 Å². The molecule has 3 aliphatic heterocycles. The summed E-state index contributed by atoms with van der Waals surface area (Å²) in [4.78, 5) is 38.6. The molecule has 1 fully saturated rings. The Balaban J connectivity index is 1.12. The number of piperidine rings is 1. The van der Waals surface area contributed by atoms with Crippen LogP contribution in [0.4, 0.5) is 0 Å². The molecular formula is C35H30N2O5. The minimum absolute atomic E-state index is 0.0788. The highest BCUT2D eigenvalue weighted by molar-refractivity contribution is 6.05. The van der Waals surface area contributed by atoms with E-state index in [4.69, 9.17) is 4.74 Å². The summed E-state index contributed by atoms with van der Waals surface area (Å²) in [6.07, 6.45) is 1.31. The molecule has 0 aliphatic carbocycles. The predicted molar refractivity (Wildman–Crippen MR) is 156 cm³/mol. The SMILES string of the molecule is O=C1CCC(N2Cc3cc(Cc4ccc([C@@H]5c6ccc(O)cc6OC[C@@H]5c5ccccc5)cc4)ccc3C2=O)C(=O)N1. The number of amides is 3. The fraction of sp³-hybridized carbons (Fsp3) is 0.229. The number of imide groups is 1. The lowest BCUT2D eigenvalue weighted by Crippen LogP contribution is -2.52. The quantitative estimate of drug-likeness (QED) is 0.334. The molecule has 7 nitrogen and oxygen atoms in total. The highest BCUT2D eigenvalue weighted by Gasteiger charge is 2.39. The highest BCUT2D eigenvalue weighted by Crippen LogP contribution is 2.47. The van der Waals surface area contributed by atoms with Crippen LogP contribution in [-0.2, 0) is 22.6 Å². The van der Waals surface area contributed by atoms with Gasteiger partial charge in [-0.15, -0.1) is 0 Å². The first-order chi connectivity index (χ1) is 20.4. The highest BCUT2D eigenvalue weighted by atomic mass is 16.5. The minimum Gasteiger partial charge on any atom is -0.508 e. The van der Waals surface area contributed by atoms with Crippen LogP contribution in [-0.4, -0.2) is 40.4 Å². The first-order valence-corrected chi connectivity index (χ1v) is 14.3. The van der Waals surface area contributed by atoms with Gasteiger partial charge in [0, 0.05) is 42.0 Å². The lowest BCUT2D eigenvalue weighted by molar-refractivity contribution is -0.136. The number of phenolic OH excluding ortho intramolecular Hbond substituents is 1. The van der Waals surface area contributed by atoms with Gasteiger partial charge in [-0.05, 0) is 52.8 Å². The molecule has 0 aromatic heterocycles. The van der Waals surface area contributed by atoms with Crippen LogP contribution in [0.5, 0.6) is 11.5 Å². The van der Waals surface area contributed by atoms with Gasteiger partial charge in [0.25, 0.3) is 5.91 Å². The number of carbonyl (C=O) groups is 3. The fourth-order valence-electron chi connectivity index (χ4n) is 6.61. The van der Waals surface area contributed by atoms with Crippen molar-refractivity contribution in [1.82, 2.24) is 10.2 Å². The van der Waals surface area contributed by atoms with E-state index in [2.05, 4.69) is 59.9 Å². The summed E-state index contributed by atoms with van der Waals surface area (Å²) in [7, 11) is 0. The van der Waals surface area contributed by atoms with Gasteiger partial charge < -0.3 is 14.7 Å². The molecule has 3 atom stereocenters. The Morgan fingerprint density at radius 2 is 1.64 bits per heavy atom. The molecule has 0 bridgehead atoms. The molecule has 1 saturated heterocycles. The number of ether oxygens (including phenoxy) is 1. The van der Waals surface area contributed by atoms with Crippen molar-refractivity contribution in [3.63, 3.8) is 0 Å². The Morgan fingerprint density at radius 3 is 2.43 bits per heavy atom. The second-order valence-corrected chi connectivity index (χ2v) is 11.3. The number of benzene rings is 4. The standard InChI is InChI=1S/C35H30N2O5/c38-26-11-13-28-31(18-26)42-20-29(23-4-2-1-3-5-23)33(28)24-9-6-21(7-10-24)16-22-8-12-27-25(17-22)19-37(35(27)41)30-14-15-32(39)36-34(30)40/h1-13,17-18,29-30,33,38H,14-16,19-20H2,(H,36,39,40)/t29-,30?,33-/m1/s1. The molecule has 0 radical (unpaired) electrons. The van der Waals surface area contributed by atoms with Gasteiger partial charge in [-0.1, -0.05) is 72.8 Å². The van der Waals surface area contributed by atoms with Crippen LogP contribution in [0.15, 0.2) is 91.0 Å². The zero-order valence-electron chi connectivity index (χ0n) is 23.0. The molecule has 4 aromatic carbocycles. The number of phenols is 1. The van der Waals surface area contributed by atoms with E-state index in [1.807, 2.05) is 24.3 Å². The largest absolute Gasteiger partial charge is 0.508 e. The molecular weight excluding hydrogens is 528 g/mol. The second-order valence-electron chi connectivity index (χ2n) is 11.3. The molecule has 1 unspecified atom stereocenters. The van der Waals surface area contributed by atoms with Crippen LogP contribution in [0.1, 0.15) is 68.4 Å². The number of rotatable bonds is 5. The first-order valence-electron chi connectivity index (χ1n) is 14.3. The molecule has 4 aromatic rings. The fourth-order valence-corrected chi connectivity index (χ4v) is 6.61. The summed E-state index contributed by atoms with van der Waals surface area (Å²) < 4.78 is 6.10. The van der Waals surface area contributed by atoms with Gasteiger partial charge in [-0.2, -0.15) is 0 Å². The molecule has 2 N–H and O–H groups in total. The van der Waals surface area contributed by atoms with Crippen LogP contribution in [0, 0.1) is 0 Å². The monoisotopic (exact) mass is 558 g/mol. The van der Waals surface area contributed by atoms with E-state index < -0.39 is 11.9 Å². The number of hydrogen-bond donors (Lipinski definition) is 2. The molecule has 3 aliphatic rings. The summed E-state index contributed by atoms with van der Waals surface area (Å²) in [6, 6.07) is 29.7. The van der Waals surface area contributed by atoms with Gasteiger partial charge in [0.2, 0.25) is 11.8 Å². The Morgan fingerprint density at radius 1 is 0.857 bits per heavy atom. The Kier molecular flexibility index (Phi) is 6.50. The normalized spacial score (nSPS) is 21.4. The summed E-state index contributed by atoms with van der Waals surface area (Å²) in [5, 5.41) is 12.4. The summed E-state index contributed by atoms with van der Waals surface area (Å²) >= 11 is 0. The Labute approximate surface area is 243 Å². The van der Waals surface area contributed by atoms with E-state index in [-0.39, 0.29) is 35.8 Å². The molecule has 210 valence electrons. The van der Waals surface area contributed by atoms with Gasteiger partial charge in [-0.25, -0.2) is 0 Å². The van der Waals surface area contributed by atoms with E-state index in [1.165, 1.54) is 11.1 Å². The van der Waals surface area contributed by atoms with Crippen LogP contribution in [0.2, 0.25) is 0 Å². The average molecular weight is 559 g/mol. The van der Waals surface area contributed by atoms with Crippen molar-refractivity contribution in [1.29, 1.82) is 0 Å². The number of nitrogens with one attached hydrogen (secondary N) is 1. The van der Waals surface area contributed by atoms with Crippen molar-refractivity contribution in [2.24, 2.45) is 0 Å². The maximum Gasteiger partial charge on any atom is 0.255 e. The van der Waals surface area contributed by atoms with Crippen molar-refractivity contribution in [2.45, 2.75) is 43.7 Å². The third-order valence-electron chi connectivity index (χ3n) is 8.72. The average Bonchev–Trinajstić information content (AvgIpc) is 3.32. The Hall–Kier alpha value is -4.91. The van der Waals surface area contributed by atoms with Gasteiger partial charge in [0.15, 0.2) is 0 Å². The third-order valence-corrected chi connectivity index (χ3v) is 8.72. The second kappa shape index (κ2) is 10.5. The van der Waals surface area contributed by atoms with E-state index in [0.29, 0.717) is 31.6 Å². The van der Waals surface area contributed by atoms with Crippen LogP contribution in [0.25, 0.3) is 0 Å². The van der Waals surface area contributed by atoms with Crippen molar-refractivity contribution in [3.8, 4) is 11.5 Å². The van der Waals surface area contributed by atoms with Crippen LogP contribution < -0.4 is 10.1 Å². The van der Waals surface area contributed by atoms with Crippen molar-refractivity contribution >= 4 is 17.7 Å². The van der Waals surface area contributed by atoms with Crippen molar-refractivity contribution < 1.29 is 24.2 Å². The van der Waals surface area contributed by atoms with E-state index in [9.17, 15) is 19.5 Å². The van der Waals surface area contributed by atoms with Gasteiger partial charge in [0.05, 0.1) is 6.61 Å². The molecule has 0 spiro atoms. The zero-order chi connectivity index (χ0) is 28.8. The van der Waals surface area contributed by atoms with E-state index >= 15 is 0 Å². The number of aromatic hydroxyl groups is 1. The number of hydrogen-bond acceptors (Lipinski definition) is 5. The molecule has 42 heavy (non-hydrogen) atoms. The lowest BCUT2D eigenvalue weighted by Gasteiger charge is -2.34. The Bertz CT molecular complexity index is 1700. The number of fused-ring (bicyclic) bond motifs is 2. The number of carbonyl (C=O) groups excluding carboxylic acids is 3. The van der Waals surface area contributed by atoms with Gasteiger partial charge in [0.1, 0.15) is 17.5 Å². The van der Waals surface area contributed by atoms with Crippen LogP contribution in [0.3, 0.4) is 0 Å². The topological polar surface area (TPSA) is 95.9 Å². The molecule has 0 saturated carbocycles. The van der Waals surface area contributed by atoms with Gasteiger partial charge in [-0.3, -0.25) is 19.7 Å². The summed E-state index contributed by atoms with van der Waals surface area (Å²) in [5.41, 5.74) is 7.23. The molecule has 7 heteroatoms. The first kappa shape index (κ1) is 26.0. The molecule has 7 rings (SSSR count). The minimum atomic E-state index is -0.613. The van der Waals surface area contributed by atoms with Crippen molar-refractivity contribution in [2.75, 3.05) is 6.61 Å². The smallest absolute Gasteiger partial charge is 0.255 e. The molecule has 3 heterocycles. The number of nitrogens with zero attached hydrogens (tertiary/aromatic N) is 1. The van der Waals surface area contributed by atoms with E-state index in [0.717, 1.165) is 28.0 Å². The predicted octanol–water partition coefficient (Wildman–Crippen LogP) is 5.05. The zero-order valence-corrected chi connectivity index (χ0v) is 23.0. The maximum absolute atomic E-state index is 13.1. The summed E-state index contributed by atoms with van der Waals surface area (Å²) in [6.45, 7) is 0.892. The molecule has 3 amide bonds. The summed E-state index contributed by atoms with van der Waals surface area (Å²) in [5.74, 6) is 0.280. The van der Waals surface area contributed by atoms with Crippen LogP contribution >= 0.6 is 0 Å². The maximum atomic E-state index is 13.1.